The first-order valence-electron chi connectivity index (χ1n) is 8.28. The third-order valence-corrected chi connectivity index (χ3v) is 4.70. The third-order valence-electron chi connectivity index (χ3n) is 4.70. The Kier molecular flexibility index (Phi) is 4.57. The maximum atomic E-state index is 12.3. The lowest BCUT2D eigenvalue weighted by Gasteiger charge is -2.18. The van der Waals surface area contributed by atoms with E-state index in [-0.39, 0.29) is 17.9 Å². The van der Waals surface area contributed by atoms with Gasteiger partial charge in [0.1, 0.15) is 17.4 Å². The van der Waals surface area contributed by atoms with Crippen molar-refractivity contribution < 1.29 is 19.4 Å². The van der Waals surface area contributed by atoms with Crippen molar-refractivity contribution in [1.29, 1.82) is 0 Å². The first kappa shape index (κ1) is 16.5. The molecule has 0 saturated heterocycles. The fourth-order valence-corrected chi connectivity index (χ4v) is 3.36. The van der Waals surface area contributed by atoms with Gasteiger partial charge in [0.25, 0.3) is 0 Å². The largest absolute Gasteiger partial charge is 0.507 e. The van der Waals surface area contributed by atoms with E-state index in [2.05, 4.69) is 5.32 Å². The van der Waals surface area contributed by atoms with Crippen molar-refractivity contribution in [2.75, 3.05) is 0 Å². The van der Waals surface area contributed by atoms with Crippen molar-refractivity contribution in [3.63, 3.8) is 0 Å². The maximum absolute atomic E-state index is 12.3. The van der Waals surface area contributed by atoms with E-state index >= 15 is 0 Å². The number of rotatable bonds is 5. The second kappa shape index (κ2) is 6.65. The molecule has 0 aliphatic heterocycles. The van der Waals surface area contributed by atoms with Gasteiger partial charge in [-0.05, 0) is 49.8 Å². The van der Waals surface area contributed by atoms with Crippen LogP contribution in [0.1, 0.15) is 42.9 Å². The van der Waals surface area contributed by atoms with Crippen LogP contribution in [-0.4, -0.2) is 22.2 Å². The zero-order valence-corrected chi connectivity index (χ0v) is 13.6. The van der Waals surface area contributed by atoms with Gasteiger partial charge < -0.3 is 19.9 Å². The molecule has 6 nitrogen and oxygen atoms in total. The second-order valence-corrected chi connectivity index (χ2v) is 6.17. The Balaban J connectivity index is 2.07. The molecule has 0 amide bonds. The van der Waals surface area contributed by atoms with Crippen LogP contribution >= 0.6 is 0 Å². The van der Waals surface area contributed by atoms with Crippen LogP contribution in [0.2, 0.25) is 0 Å². The molecule has 0 fully saturated rings. The normalized spacial score (nSPS) is 15.2. The van der Waals surface area contributed by atoms with E-state index in [9.17, 15) is 14.7 Å². The van der Waals surface area contributed by atoms with Crippen molar-refractivity contribution in [3.8, 4) is 5.75 Å². The summed E-state index contributed by atoms with van der Waals surface area (Å²) in [4.78, 5) is 23.4. The molecule has 2 aromatic rings. The minimum absolute atomic E-state index is 0.00542. The van der Waals surface area contributed by atoms with Gasteiger partial charge in [0.2, 0.25) is 0 Å². The molecule has 3 N–H and O–H groups in total. The maximum Gasteiger partial charge on any atom is 0.339 e. The average molecular weight is 331 g/mol. The van der Waals surface area contributed by atoms with E-state index in [0.29, 0.717) is 17.6 Å². The predicted octanol–water partition coefficient (Wildman–Crippen LogP) is 2.33. The highest BCUT2D eigenvalue weighted by molar-refractivity contribution is 5.86. The van der Waals surface area contributed by atoms with Crippen LogP contribution in [0.3, 0.4) is 0 Å². The fraction of sp³-hybridized carbons (Fsp3) is 0.444. The molecule has 128 valence electrons. The Bertz CT molecular complexity index is 839. The second-order valence-electron chi connectivity index (χ2n) is 6.17. The van der Waals surface area contributed by atoms with Crippen LogP contribution in [0.5, 0.6) is 5.75 Å². The molecule has 0 spiro atoms. The summed E-state index contributed by atoms with van der Waals surface area (Å²) in [6, 6.07) is 2.63. The lowest BCUT2D eigenvalue weighted by Crippen LogP contribution is -2.35. The summed E-state index contributed by atoms with van der Waals surface area (Å²) in [6.07, 6.45) is 3.96. The number of benzene rings is 1. The highest BCUT2D eigenvalue weighted by Crippen LogP contribution is 2.32. The molecular weight excluding hydrogens is 310 g/mol. The van der Waals surface area contributed by atoms with Crippen molar-refractivity contribution in [2.24, 2.45) is 0 Å². The van der Waals surface area contributed by atoms with Crippen LogP contribution in [0.4, 0.5) is 0 Å². The number of phenols is 1. The molecule has 6 heteroatoms. The molecule has 3 rings (SSSR count). The summed E-state index contributed by atoms with van der Waals surface area (Å²) in [7, 11) is 0. The van der Waals surface area contributed by atoms with Crippen LogP contribution < -0.4 is 10.9 Å². The number of aliphatic carboxylic acids is 1. The number of phenolic OH excluding ortho intramolecular Hbond substituents is 1. The molecule has 0 radical (unpaired) electrons. The van der Waals surface area contributed by atoms with E-state index < -0.39 is 12.0 Å². The molecule has 1 heterocycles. The monoisotopic (exact) mass is 331 g/mol. The number of nitrogens with one attached hydrogen (secondary N) is 1. The molecule has 1 aromatic heterocycles. The van der Waals surface area contributed by atoms with Gasteiger partial charge in [-0.2, -0.15) is 0 Å². The van der Waals surface area contributed by atoms with Gasteiger partial charge >= 0.3 is 11.6 Å². The van der Waals surface area contributed by atoms with Crippen molar-refractivity contribution in [2.45, 2.75) is 51.6 Å². The van der Waals surface area contributed by atoms with E-state index in [1.807, 2.05) is 0 Å². The summed E-state index contributed by atoms with van der Waals surface area (Å²) in [5.74, 6) is -0.954. The van der Waals surface area contributed by atoms with E-state index in [1.54, 1.807) is 19.1 Å². The SMILES string of the molecule is CCC(NCc1c(O)ccc2c3c(c(=O)oc12)CCCC3)C(=O)O. The summed E-state index contributed by atoms with van der Waals surface area (Å²) in [6.45, 7) is 1.89. The molecule has 24 heavy (non-hydrogen) atoms. The number of carboxylic acids is 1. The Morgan fingerprint density at radius 2 is 2.00 bits per heavy atom. The molecule has 0 bridgehead atoms. The van der Waals surface area contributed by atoms with Gasteiger partial charge in [0, 0.05) is 17.5 Å². The van der Waals surface area contributed by atoms with Crippen molar-refractivity contribution >= 4 is 16.9 Å². The number of carbonyl (C=O) groups is 1. The summed E-state index contributed by atoms with van der Waals surface area (Å²) in [5.41, 5.74) is 2.16. The number of hydrogen-bond acceptors (Lipinski definition) is 5. The summed E-state index contributed by atoms with van der Waals surface area (Å²) < 4.78 is 5.50. The molecule has 1 atom stereocenters. The zero-order valence-electron chi connectivity index (χ0n) is 13.6. The zero-order chi connectivity index (χ0) is 17.3. The third kappa shape index (κ3) is 2.89. The van der Waals surface area contributed by atoms with Crippen LogP contribution in [-0.2, 0) is 24.2 Å². The van der Waals surface area contributed by atoms with Crippen LogP contribution in [0.15, 0.2) is 21.3 Å². The number of aromatic hydroxyl groups is 1. The lowest BCUT2D eigenvalue weighted by atomic mass is 9.90. The van der Waals surface area contributed by atoms with Crippen molar-refractivity contribution in [3.05, 3.63) is 39.2 Å². The molecule has 1 aliphatic rings. The smallest absolute Gasteiger partial charge is 0.339 e. The highest BCUT2D eigenvalue weighted by atomic mass is 16.4. The van der Waals surface area contributed by atoms with Gasteiger partial charge in [0.05, 0.1) is 5.56 Å². The van der Waals surface area contributed by atoms with Gasteiger partial charge in [-0.15, -0.1) is 0 Å². The Morgan fingerprint density at radius 1 is 1.29 bits per heavy atom. The van der Waals surface area contributed by atoms with Gasteiger partial charge in [-0.1, -0.05) is 6.92 Å². The Morgan fingerprint density at radius 3 is 2.67 bits per heavy atom. The summed E-state index contributed by atoms with van der Waals surface area (Å²) >= 11 is 0. The first-order valence-corrected chi connectivity index (χ1v) is 8.28. The van der Waals surface area contributed by atoms with E-state index in [4.69, 9.17) is 9.52 Å². The fourth-order valence-electron chi connectivity index (χ4n) is 3.36. The van der Waals surface area contributed by atoms with E-state index in [0.717, 1.165) is 42.2 Å². The molecule has 1 aliphatic carbocycles. The lowest BCUT2D eigenvalue weighted by molar-refractivity contribution is -0.139. The Labute approximate surface area is 139 Å². The van der Waals surface area contributed by atoms with Crippen LogP contribution in [0.25, 0.3) is 11.0 Å². The molecule has 0 saturated carbocycles. The van der Waals surface area contributed by atoms with Crippen molar-refractivity contribution in [1.82, 2.24) is 5.32 Å². The molecule has 1 aromatic carbocycles. The number of aryl methyl sites for hydroxylation is 1. The van der Waals surface area contributed by atoms with Gasteiger partial charge in [0.15, 0.2) is 0 Å². The van der Waals surface area contributed by atoms with Crippen LogP contribution in [0, 0.1) is 0 Å². The highest BCUT2D eigenvalue weighted by Gasteiger charge is 2.22. The number of carboxylic acid groups (broad SMARTS) is 1. The average Bonchev–Trinajstić information content (AvgIpc) is 2.57. The summed E-state index contributed by atoms with van der Waals surface area (Å²) in [5, 5.41) is 23.0. The standard InChI is InChI=1S/C18H21NO5/c1-2-14(17(21)22)19-9-13-15(20)8-7-11-10-5-3-4-6-12(10)18(23)24-16(11)13/h7-8,14,19-20H,2-6,9H2,1H3,(H,21,22). The van der Waals surface area contributed by atoms with Gasteiger partial charge in [-0.25, -0.2) is 4.79 Å². The minimum atomic E-state index is -0.948. The minimum Gasteiger partial charge on any atom is -0.507 e. The number of hydrogen-bond donors (Lipinski definition) is 3. The number of fused-ring (bicyclic) bond motifs is 3. The molecular formula is C18H21NO5. The predicted molar refractivity (Wildman–Crippen MR) is 89.3 cm³/mol. The quantitative estimate of drug-likeness (QED) is 0.727. The molecule has 1 unspecified atom stereocenters. The van der Waals surface area contributed by atoms with Gasteiger partial charge in [-0.3, -0.25) is 4.79 Å². The Hall–Kier alpha value is -2.34. The first-order chi connectivity index (χ1) is 11.5. The van der Waals surface area contributed by atoms with E-state index in [1.165, 1.54) is 0 Å². The topological polar surface area (TPSA) is 99.8 Å².